The molecular weight excluding hydrogens is 542 g/mol. The summed E-state index contributed by atoms with van der Waals surface area (Å²) in [5, 5.41) is 0. The summed E-state index contributed by atoms with van der Waals surface area (Å²) in [7, 11) is 0. The Labute approximate surface area is 266 Å². The minimum Gasteiger partial charge on any atom is -0.311 e. The average Bonchev–Trinajstić information content (AvgIpc) is 3.13. The van der Waals surface area contributed by atoms with Crippen molar-refractivity contribution < 1.29 is 0 Å². The number of nitrogens with zero attached hydrogens (tertiary/aromatic N) is 1. The van der Waals surface area contributed by atoms with Gasteiger partial charge in [-0.2, -0.15) is 0 Å². The molecule has 0 aliphatic rings. The van der Waals surface area contributed by atoms with Crippen LogP contribution in [0.5, 0.6) is 0 Å². The predicted molar refractivity (Wildman–Crippen MR) is 192 cm³/mol. The Kier molecular flexibility index (Phi) is 8.15. The molecule has 7 aromatic carbocycles. The van der Waals surface area contributed by atoms with Crippen molar-refractivity contribution in [3.63, 3.8) is 0 Å². The van der Waals surface area contributed by atoms with Crippen molar-refractivity contribution in [2.45, 2.75) is 0 Å². The van der Waals surface area contributed by atoms with Crippen molar-refractivity contribution in [3.05, 3.63) is 211 Å². The van der Waals surface area contributed by atoms with E-state index in [0.717, 1.165) is 22.6 Å². The van der Waals surface area contributed by atoms with Crippen molar-refractivity contribution in [3.8, 4) is 22.3 Å². The van der Waals surface area contributed by atoms with E-state index in [-0.39, 0.29) is 0 Å². The summed E-state index contributed by atoms with van der Waals surface area (Å²) in [6.07, 6.45) is 2.30. The van der Waals surface area contributed by atoms with Crippen LogP contribution in [-0.2, 0) is 0 Å². The SMILES string of the molecule is C(=C(c1ccccc1)c1cccc(-c2cccc(-c3ccccc3)c2)c1)c1ccc(N(c2ccccc2)c2ccccc2)cc1. The zero-order valence-electron chi connectivity index (χ0n) is 25.0. The lowest BCUT2D eigenvalue weighted by Gasteiger charge is -2.25. The van der Waals surface area contributed by atoms with E-state index in [1.54, 1.807) is 0 Å². The van der Waals surface area contributed by atoms with E-state index in [0.29, 0.717) is 0 Å². The van der Waals surface area contributed by atoms with Gasteiger partial charge in [-0.25, -0.2) is 0 Å². The second-order valence-electron chi connectivity index (χ2n) is 11.0. The molecule has 0 aliphatic heterocycles. The lowest BCUT2D eigenvalue weighted by Crippen LogP contribution is -2.09. The van der Waals surface area contributed by atoms with Gasteiger partial charge in [0.15, 0.2) is 0 Å². The van der Waals surface area contributed by atoms with Crippen LogP contribution in [0.15, 0.2) is 194 Å². The predicted octanol–water partition coefficient (Wildman–Crippen LogP) is 12.1. The lowest BCUT2D eigenvalue weighted by molar-refractivity contribution is 1.28. The van der Waals surface area contributed by atoms with Crippen LogP contribution in [0.2, 0.25) is 0 Å². The molecule has 1 nitrogen and oxygen atoms in total. The molecule has 0 amide bonds. The van der Waals surface area contributed by atoms with Crippen LogP contribution in [0.25, 0.3) is 33.9 Å². The lowest BCUT2D eigenvalue weighted by atomic mass is 9.92. The van der Waals surface area contributed by atoms with Crippen LogP contribution in [0, 0.1) is 0 Å². The van der Waals surface area contributed by atoms with Crippen molar-refractivity contribution in [2.75, 3.05) is 4.90 Å². The molecule has 0 saturated carbocycles. The maximum absolute atomic E-state index is 2.31. The van der Waals surface area contributed by atoms with Crippen LogP contribution in [0.4, 0.5) is 17.1 Å². The van der Waals surface area contributed by atoms with Crippen LogP contribution < -0.4 is 4.90 Å². The fourth-order valence-electron chi connectivity index (χ4n) is 5.81. The molecule has 0 fully saturated rings. The molecule has 0 unspecified atom stereocenters. The third-order valence-corrected chi connectivity index (χ3v) is 8.05. The molecular formula is C44H33N. The quantitative estimate of drug-likeness (QED) is 0.163. The van der Waals surface area contributed by atoms with Gasteiger partial charge in [0.05, 0.1) is 0 Å². The van der Waals surface area contributed by atoms with E-state index in [1.165, 1.54) is 39.0 Å². The van der Waals surface area contributed by atoms with E-state index in [9.17, 15) is 0 Å². The second kappa shape index (κ2) is 13.2. The maximum atomic E-state index is 2.31. The number of hydrogen-bond acceptors (Lipinski definition) is 1. The first kappa shape index (κ1) is 27.9. The smallest absolute Gasteiger partial charge is 0.0462 e. The van der Waals surface area contributed by atoms with Crippen LogP contribution in [0.1, 0.15) is 16.7 Å². The molecule has 0 aliphatic carbocycles. The summed E-state index contributed by atoms with van der Waals surface area (Å²) in [6, 6.07) is 68.8. The highest BCUT2D eigenvalue weighted by Crippen LogP contribution is 2.35. The molecule has 1 heteroatoms. The van der Waals surface area contributed by atoms with Gasteiger partial charge >= 0.3 is 0 Å². The number of anilines is 3. The van der Waals surface area contributed by atoms with E-state index in [1.807, 2.05) is 0 Å². The van der Waals surface area contributed by atoms with Gasteiger partial charge in [-0.1, -0.05) is 146 Å². The van der Waals surface area contributed by atoms with Gasteiger partial charge in [0, 0.05) is 17.1 Å². The largest absolute Gasteiger partial charge is 0.311 e. The summed E-state index contributed by atoms with van der Waals surface area (Å²) in [4.78, 5) is 2.29. The first-order valence-corrected chi connectivity index (χ1v) is 15.4. The Morgan fingerprint density at radius 3 is 1.36 bits per heavy atom. The van der Waals surface area contributed by atoms with Crippen molar-refractivity contribution in [2.24, 2.45) is 0 Å². The Morgan fingerprint density at radius 1 is 0.333 bits per heavy atom. The summed E-state index contributed by atoms with van der Waals surface area (Å²) < 4.78 is 0. The molecule has 0 N–H and O–H groups in total. The highest BCUT2D eigenvalue weighted by molar-refractivity contribution is 5.93. The molecule has 0 atom stereocenters. The molecule has 7 rings (SSSR count). The zero-order chi connectivity index (χ0) is 30.3. The van der Waals surface area contributed by atoms with Gasteiger partial charge in [-0.15, -0.1) is 0 Å². The maximum Gasteiger partial charge on any atom is 0.0462 e. The molecule has 214 valence electrons. The molecule has 0 saturated heterocycles. The number of hydrogen-bond donors (Lipinski definition) is 0. The van der Waals surface area contributed by atoms with E-state index in [4.69, 9.17) is 0 Å². The van der Waals surface area contributed by atoms with Crippen molar-refractivity contribution in [1.29, 1.82) is 0 Å². The third-order valence-electron chi connectivity index (χ3n) is 8.05. The molecule has 0 heterocycles. The summed E-state index contributed by atoms with van der Waals surface area (Å²) in [6.45, 7) is 0. The number of para-hydroxylation sites is 2. The average molecular weight is 576 g/mol. The Balaban J connectivity index is 1.26. The van der Waals surface area contributed by atoms with Gasteiger partial charge in [-0.05, 0) is 99.1 Å². The molecule has 0 bridgehead atoms. The molecule has 0 aromatic heterocycles. The minimum atomic E-state index is 1.12. The van der Waals surface area contributed by atoms with Gasteiger partial charge < -0.3 is 4.90 Å². The molecule has 45 heavy (non-hydrogen) atoms. The van der Waals surface area contributed by atoms with Gasteiger partial charge in [-0.3, -0.25) is 0 Å². The zero-order valence-corrected chi connectivity index (χ0v) is 25.0. The summed E-state index contributed by atoms with van der Waals surface area (Å²) >= 11 is 0. The number of benzene rings is 7. The highest BCUT2D eigenvalue weighted by Gasteiger charge is 2.12. The van der Waals surface area contributed by atoms with Gasteiger partial charge in [0.25, 0.3) is 0 Å². The van der Waals surface area contributed by atoms with Crippen molar-refractivity contribution in [1.82, 2.24) is 0 Å². The second-order valence-corrected chi connectivity index (χ2v) is 11.0. The first-order valence-electron chi connectivity index (χ1n) is 15.4. The van der Waals surface area contributed by atoms with Crippen molar-refractivity contribution >= 4 is 28.7 Å². The highest BCUT2D eigenvalue weighted by atomic mass is 15.1. The topological polar surface area (TPSA) is 3.24 Å². The Hall–Kier alpha value is -5.92. The minimum absolute atomic E-state index is 1.12. The summed E-state index contributed by atoms with van der Waals surface area (Å²) in [5.41, 5.74) is 12.9. The molecule has 0 spiro atoms. The van der Waals surface area contributed by atoms with Gasteiger partial charge in [0.1, 0.15) is 0 Å². The fraction of sp³-hybridized carbons (Fsp3) is 0. The van der Waals surface area contributed by atoms with Crippen LogP contribution >= 0.6 is 0 Å². The monoisotopic (exact) mass is 575 g/mol. The molecule has 7 aromatic rings. The Morgan fingerprint density at radius 2 is 0.756 bits per heavy atom. The van der Waals surface area contributed by atoms with Crippen LogP contribution in [-0.4, -0.2) is 0 Å². The van der Waals surface area contributed by atoms with E-state index >= 15 is 0 Å². The fourth-order valence-corrected chi connectivity index (χ4v) is 5.81. The third kappa shape index (κ3) is 6.39. The van der Waals surface area contributed by atoms with Crippen LogP contribution in [0.3, 0.4) is 0 Å². The standard InChI is InChI=1S/C44H33N/c1-5-15-35(16-6-1)37-19-13-20-38(32-37)39-21-14-22-40(33-39)44(36-17-7-2-8-18-36)31-34-27-29-43(30-28-34)45(41-23-9-3-10-24-41)42-25-11-4-12-26-42/h1-33H. The number of rotatable bonds is 8. The van der Waals surface area contributed by atoms with E-state index < -0.39 is 0 Å². The Bertz CT molecular complexity index is 1970. The van der Waals surface area contributed by atoms with E-state index in [2.05, 4.69) is 205 Å². The first-order chi connectivity index (χ1) is 22.3. The van der Waals surface area contributed by atoms with Gasteiger partial charge in [0.2, 0.25) is 0 Å². The normalized spacial score (nSPS) is 11.2. The molecule has 0 radical (unpaired) electrons. The summed E-state index contributed by atoms with van der Waals surface area (Å²) in [5.74, 6) is 0.